The normalized spacial score (nSPS) is 13.7. The van der Waals surface area contributed by atoms with Crippen LogP contribution in [0.3, 0.4) is 0 Å². The van der Waals surface area contributed by atoms with E-state index < -0.39 is 0 Å². The average Bonchev–Trinajstić information content (AvgIpc) is 2.90. The van der Waals surface area contributed by atoms with Crippen LogP contribution >= 0.6 is 0 Å². The number of unbranched alkanes of at least 4 members (excludes halogenated alkanes) is 16. The monoisotopic (exact) mass is 555 g/mol. The molecule has 0 aromatic carbocycles. The van der Waals surface area contributed by atoms with Crippen molar-refractivity contribution < 1.29 is 19.1 Å². The first kappa shape index (κ1) is 37.9. The zero-order valence-corrected chi connectivity index (χ0v) is 26.6. The third kappa shape index (κ3) is 28.2. The van der Waals surface area contributed by atoms with Crippen molar-refractivity contribution >= 4 is 11.8 Å². The first-order valence-corrected chi connectivity index (χ1v) is 16.7. The molecule has 0 heterocycles. The Balaban J connectivity index is 3.64. The van der Waals surface area contributed by atoms with E-state index in [4.69, 9.17) is 9.47 Å². The van der Waals surface area contributed by atoms with Crippen LogP contribution in [0.1, 0.15) is 163 Å². The van der Waals surface area contributed by atoms with Gasteiger partial charge in [0.25, 0.3) is 0 Å². The van der Waals surface area contributed by atoms with Gasteiger partial charge < -0.3 is 20.1 Å². The highest BCUT2D eigenvalue weighted by atomic mass is 16.5. The lowest BCUT2D eigenvalue weighted by molar-refractivity contribution is -0.123. The van der Waals surface area contributed by atoms with Crippen molar-refractivity contribution in [2.75, 3.05) is 19.8 Å². The Morgan fingerprint density at radius 3 is 1.28 bits per heavy atom. The highest BCUT2D eigenvalue weighted by Crippen LogP contribution is 2.11. The molecule has 0 rings (SSSR count). The summed E-state index contributed by atoms with van der Waals surface area (Å²) in [7, 11) is 0. The molecule has 2 N–H and O–H groups in total. The van der Waals surface area contributed by atoms with E-state index in [9.17, 15) is 9.59 Å². The van der Waals surface area contributed by atoms with Gasteiger partial charge >= 0.3 is 0 Å². The third-order valence-corrected chi connectivity index (χ3v) is 7.18. The summed E-state index contributed by atoms with van der Waals surface area (Å²) < 4.78 is 11.6. The van der Waals surface area contributed by atoms with Crippen LogP contribution in [0.25, 0.3) is 0 Å². The second-order valence-corrected chi connectivity index (χ2v) is 11.8. The van der Waals surface area contributed by atoms with Crippen molar-refractivity contribution in [1.82, 2.24) is 10.6 Å². The van der Waals surface area contributed by atoms with Gasteiger partial charge in [0.05, 0.1) is 25.9 Å². The van der Waals surface area contributed by atoms with E-state index in [1.807, 2.05) is 20.8 Å². The molecule has 0 aliphatic carbocycles. The van der Waals surface area contributed by atoms with Crippen LogP contribution in [-0.2, 0) is 19.1 Å². The first-order valence-electron chi connectivity index (χ1n) is 16.7. The topological polar surface area (TPSA) is 76.7 Å². The van der Waals surface area contributed by atoms with Crippen LogP contribution in [0.5, 0.6) is 0 Å². The summed E-state index contributed by atoms with van der Waals surface area (Å²) in [5.74, 6) is 0.232. The summed E-state index contributed by atoms with van der Waals surface area (Å²) in [4.78, 5) is 24.3. The molecule has 0 radical (unpaired) electrons. The summed E-state index contributed by atoms with van der Waals surface area (Å²) in [6.07, 6.45) is 23.8. The van der Waals surface area contributed by atoms with Gasteiger partial charge in [0.1, 0.15) is 0 Å². The molecule has 0 aliphatic rings. The van der Waals surface area contributed by atoms with Crippen LogP contribution in [0, 0.1) is 0 Å². The molecule has 6 heteroatoms. The van der Waals surface area contributed by atoms with Gasteiger partial charge in [-0.05, 0) is 33.6 Å². The fourth-order valence-corrected chi connectivity index (χ4v) is 4.74. The second-order valence-electron chi connectivity index (χ2n) is 11.8. The Labute approximate surface area is 242 Å². The number of nitrogens with one attached hydrogen (secondary N) is 2. The maximum atomic E-state index is 12.2. The standard InChI is InChI=1S/C33H66N2O4/c1-6-8-10-12-14-16-18-20-22-24-32(36)34-29(3)26-38-28-31(5)39-27-30(4)35-33(37)25-23-21-19-17-15-13-11-9-7-2/h29-31H,6-28H2,1-5H3,(H,34,36)(H,35,37). The molecule has 0 aliphatic heterocycles. The van der Waals surface area contributed by atoms with Gasteiger partial charge in [-0.25, -0.2) is 0 Å². The molecular weight excluding hydrogens is 488 g/mol. The van der Waals surface area contributed by atoms with Crippen molar-refractivity contribution in [2.24, 2.45) is 0 Å². The molecule has 3 unspecified atom stereocenters. The number of rotatable bonds is 29. The van der Waals surface area contributed by atoms with Crippen LogP contribution in [0.2, 0.25) is 0 Å². The highest BCUT2D eigenvalue weighted by molar-refractivity contribution is 5.76. The van der Waals surface area contributed by atoms with Gasteiger partial charge in [-0.3, -0.25) is 9.59 Å². The molecule has 6 nitrogen and oxygen atoms in total. The summed E-state index contributed by atoms with van der Waals surface area (Å²) >= 11 is 0. The molecule has 2 amide bonds. The lowest BCUT2D eigenvalue weighted by Gasteiger charge is -2.20. The van der Waals surface area contributed by atoms with Crippen LogP contribution in [-0.4, -0.2) is 49.8 Å². The highest BCUT2D eigenvalue weighted by Gasteiger charge is 2.12. The number of carbonyl (C=O) groups excluding carboxylic acids is 2. The fourth-order valence-electron chi connectivity index (χ4n) is 4.74. The van der Waals surface area contributed by atoms with Crippen molar-refractivity contribution in [3.63, 3.8) is 0 Å². The molecule has 39 heavy (non-hydrogen) atoms. The maximum Gasteiger partial charge on any atom is 0.220 e. The van der Waals surface area contributed by atoms with Gasteiger partial charge in [0.15, 0.2) is 0 Å². The van der Waals surface area contributed by atoms with E-state index in [1.54, 1.807) is 0 Å². The van der Waals surface area contributed by atoms with E-state index in [1.165, 1.54) is 89.9 Å². The number of hydrogen-bond donors (Lipinski definition) is 2. The fraction of sp³-hybridized carbons (Fsp3) is 0.939. The Bertz CT molecular complexity index is 558. The van der Waals surface area contributed by atoms with E-state index >= 15 is 0 Å². The summed E-state index contributed by atoms with van der Waals surface area (Å²) in [6.45, 7) is 11.8. The molecule has 232 valence electrons. The second kappa shape index (κ2) is 28.4. The largest absolute Gasteiger partial charge is 0.377 e. The summed E-state index contributed by atoms with van der Waals surface area (Å²) in [5, 5.41) is 6.08. The van der Waals surface area contributed by atoms with Crippen molar-refractivity contribution in [2.45, 2.75) is 181 Å². The van der Waals surface area contributed by atoms with E-state index in [2.05, 4.69) is 24.5 Å². The lowest BCUT2D eigenvalue weighted by atomic mass is 10.1. The molecule has 0 aromatic heterocycles. The molecule has 0 saturated carbocycles. The molecule has 3 atom stereocenters. The Kier molecular flexibility index (Phi) is 27.6. The Hall–Kier alpha value is -1.14. The minimum absolute atomic E-state index is 0.0115. The average molecular weight is 555 g/mol. The predicted molar refractivity (Wildman–Crippen MR) is 165 cm³/mol. The van der Waals surface area contributed by atoms with E-state index in [0.717, 1.165) is 25.7 Å². The third-order valence-electron chi connectivity index (χ3n) is 7.18. The lowest BCUT2D eigenvalue weighted by Crippen LogP contribution is -2.38. The Morgan fingerprint density at radius 1 is 0.513 bits per heavy atom. The molecule has 0 spiro atoms. The van der Waals surface area contributed by atoms with E-state index in [0.29, 0.717) is 32.7 Å². The predicted octanol–water partition coefficient (Wildman–Crippen LogP) is 8.26. The zero-order chi connectivity index (χ0) is 29.0. The molecule has 0 fully saturated rings. The molecular formula is C33H66N2O4. The van der Waals surface area contributed by atoms with Gasteiger partial charge in [-0.2, -0.15) is 0 Å². The van der Waals surface area contributed by atoms with Gasteiger partial charge in [0.2, 0.25) is 11.8 Å². The minimum Gasteiger partial charge on any atom is -0.377 e. The number of carbonyl (C=O) groups is 2. The number of hydrogen-bond acceptors (Lipinski definition) is 4. The number of ether oxygens (including phenoxy) is 2. The minimum atomic E-state index is -0.0634. The molecule has 0 bridgehead atoms. The zero-order valence-electron chi connectivity index (χ0n) is 26.6. The molecule has 0 aromatic rings. The Morgan fingerprint density at radius 2 is 0.872 bits per heavy atom. The van der Waals surface area contributed by atoms with Crippen molar-refractivity contribution in [3.05, 3.63) is 0 Å². The smallest absolute Gasteiger partial charge is 0.220 e. The van der Waals surface area contributed by atoms with Crippen LogP contribution < -0.4 is 10.6 Å². The SMILES string of the molecule is CCCCCCCCCCCC(=O)NC(C)COCC(C)OCC(C)NC(=O)CCCCCCCCCCC. The van der Waals surface area contributed by atoms with E-state index in [-0.39, 0.29) is 30.0 Å². The van der Waals surface area contributed by atoms with Crippen LogP contribution in [0.15, 0.2) is 0 Å². The first-order chi connectivity index (χ1) is 18.9. The maximum absolute atomic E-state index is 12.2. The summed E-state index contributed by atoms with van der Waals surface area (Å²) in [5.41, 5.74) is 0. The number of amides is 2. The van der Waals surface area contributed by atoms with Gasteiger partial charge in [0, 0.05) is 24.9 Å². The quantitative estimate of drug-likeness (QED) is 0.0913. The van der Waals surface area contributed by atoms with Gasteiger partial charge in [-0.15, -0.1) is 0 Å². The molecule has 0 saturated heterocycles. The van der Waals surface area contributed by atoms with Gasteiger partial charge in [-0.1, -0.05) is 117 Å². The van der Waals surface area contributed by atoms with Crippen molar-refractivity contribution in [3.8, 4) is 0 Å². The van der Waals surface area contributed by atoms with Crippen molar-refractivity contribution in [1.29, 1.82) is 0 Å². The van der Waals surface area contributed by atoms with Crippen LogP contribution in [0.4, 0.5) is 0 Å². The summed E-state index contributed by atoms with van der Waals surface area (Å²) in [6, 6.07) is -0.0275.